The maximum atomic E-state index is 11.7. The highest BCUT2D eigenvalue weighted by Crippen LogP contribution is 2.33. The van der Waals surface area contributed by atoms with E-state index in [0.717, 1.165) is 31.2 Å². The third kappa shape index (κ3) is 6.35. The molecule has 2 aliphatic rings. The van der Waals surface area contributed by atoms with Gasteiger partial charge >= 0.3 is 5.97 Å². The van der Waals surface area contributed by atoms with E-state index in [4.69, 9.17) is 10.5 Å². The Bertz CT molecular complexity index is 322. The van der Waals surface area contributed by atoms with Crippen LogP contribution in [0, 0.1) is 11.8 Å². The Hall–Kier alpha value is -0.610. The molecule has 0 aromatic heterocycles. The Kier molecular flexibility index (Phi) is 6.06. The average molecular weight is 296 g/mol. The summed E-state index contributed by atoms with van der Waals surface area (Å²) in [5, 5.41) is 0. The fourth-order valence-corrected chi connectivity index (χ4v) is 2.81. The summed E-state index contributed by atoms with van der Waals surface area (Å²) < 4.78 is 5.03. The lowest BCUT2D eigenvalue weighted by Gasteiger charge is -2.24. The summed E-state index contributed by atoms with van der Waals surface area (Å²) in [6, 6.07) is 0. The summed E-state index contributed by atoms with van der Waals surface area (Å²) >= 11 is 0. The van der Waals surface area contributed by atoms with Crippen molar-refractivity contribution in [3.63, 3.8) is 0 Å². The van der Waals surface area contributed by atoms with Gasteiger partial charge < -0.3 is 15.4 Å². The molecule has 122 valence electrons. The van der Waals surface area contributed by atoms with Crippen molar-refractivity contribution in [2.45, 2.75) is 64.3 Å². The molecule has 4 heteroatoms. The zero-order valence-corrected chi connectivity index (χ0v) is 13.8. The summed E-state index contributed by atoms with van der Waals surface area (Å²) in [6.07, 6.45) is 8.53. The Labute approximate surface area is 129 Å². The summed E-state index contributed by atoms with van der Waals surface area (Å²) in [7, 11) is 0. The number of unbranched alkanes of at least 4 members (excludes halogenated alkanes) is 1. The third-order valence-corrected chi connectivity index (χ3v) is 4.59. The highest BCUT2D eigenvalue weighted by atomic mass is 16.5. The molecular formula is C17H32N2O2. The Morgan fingerprint density at radius 2 is 1.76 bits per heavy atom. The van der Waals surface area contributed by atoms with Crippen LogP contribution in [-0.2, 0) is 9.53 Å². The molecule has 0 bridgehead atoms. The molecule has 21 heavy (non-hydrogen) atoms. The number of hydrogen-bond donors (Lipinski definition) is 1. The van der Waals surface area contributed by atoms with Crippen molar-refractivity contribution in [1.82, 2.24) is 4.90 Å². The van der Waals surface area contributed by atoms with E-state index < -0.39 is 5.54 Å². The van der Waals surface area contributed by atoms with Crippen molar-refractivity contribution in [3.05, 3.63) is 0 Å². The molecule has 1 unspecified atom stereocenters. The smallest absolute Gasteiger partial charge is 0.325 e. The lowest BCUT2D eigenvalue weighted by atomic mass is 9.96. The van der Waals surface area contributed by atoms with Gasteiger partial charge in [-0.05, 0) is 77.2 Å². The van der Waals surface area contributed by atoms with Gasteiger partial charge in [0.2, 0.25) is 0 Å². The molecule has 0 amide bonds. The van der Waals surface area contributed by atoms with Crippen LogP contribution in [0.4, 0.5) is 0 Å². The predicted octanol–water partition coefficient (Wildman–Crippen LogP) is 2.56. The molecule has 0 aliphatic heterocycles. The van der Waals surface area contributed by atoms with Crippen LogP contribution in [0.5, 0.6) is 0 Å². The lowest BCUT2D eigenvalue weighted by molar-refractivity contribution is -0.149. The number of ether oxygens (including phenoxy) is 1. The zero-order valence-electron chi connectivity index (χ0n) is 13.8. The minimum absolute atomic E-state index is 0.266. The van der Waals surface area contributed by atoms with Crippen LogP contribution in [0.1, 0.15) is 58.8 Å². The van der Waals surface area contributed by atoms with Gasteiger partial charge in [-0.1, -0.05) is 0 Å². The van der Waals surface area contributed by atoms with Crippen LogP contribution in [0.15, 0.2) is 0 Å². The molecule has 2 rings (SSSR count). The van der Waals surface area contributed by atoms with Crippen molar-refractivity contribution in [2.75, 3.05) is 26.2 Å². The van der Waals surface area contributed by atoms with Gasteiger partial charge in [-0.2, -0.15) is 0 Å². The number of carbonyl (C=O) groups excluding carboxylic acids is 1. The molecule has 1 atom stereocenters. The second-order valence-electron chi connectivity index (χ2n) is 7.24. The molecular weight excluding hydrogens is 264 g/mol. The highest BCUT2D eigenvalue weighted by Gasteiger charge is 2.30. The number of nitrogens with zero attached hydrogens (tertiary/aromatic N) is 1. The van der Waals surface area contributed by atoms with Crippen LogP contribution in [0.3, 0.4) is 0 Å². The zero-order chi connectivity index (χ0) is 15.3. The second-order valence-corrected chi connectivity index (χ2v) is 7.24. The van der Waals surface area contributed by atoms with Gasteiger partial charge in [0.1, 0.15) is 5.54 Å². The fraction of sp³-hybridized carbons (Fsp3) is 0.941. The topological polar surface area (TPSA) is 55.6 Å². The van der Waals surface area contributed by atoms with Gasteiger partial charge in [0.25, 0.3) is 0 Å². The molecule has 0 saturated heterocycles. The summed E-state index contributed by atoms with van der Waals surface area (Å²) in [6.45, 7) is 7.75. The van der Waals surface area contributed by atoms with E-state index in [1.54, 1.807) is 6.92 Å². The normalized spacial score (nSPS) is 21.3. The Morgan fingerprint density at radius 1 is 1.19 bits per heavy atom. The molecule has 0 spiro atoms. The van der Waals surface area contributed by atoms with Crippen LogP contribution in [0.2, 0.25) is 0 Å². The first-order chi connectivity index (χ1) is 10.0. The highest BCUT2D eigenvalue weighted by molar-refractivity contribution is 5.79. The van der Waals surface area contributed by atoms with E-state index in [-0.39, 0.29) is 5.97 Å². The predicted molar refractivity (Wildman–Crippen MR) is 85.0 cm³/mol. The second kappa shape index (κ2) is 7.59. The first-order valence-corrected chi connectivity index (χ1v) is 8.69. The van der Waals surface area contributed by atoms with Crippen molar-refractivity contribution in [1.29, 1.82) is 0 Å². The number of carbonyl (C=O) groups is 1. The van der Waals surface area contributed by atoms with E-state index in [2.05, 4.69) is 4.90 Å². The van der Waals surface area contributed by atoms with Crippen molar-refractivity contribution in [2.24, 2.45) is 17.6 Å². The SMILES string of the molecule is CCOC(=O)C(C)(N)CCCCN(CC1CC1)CC1CC1. The first-order valence-electron chi connectivity index (χ1n) is 8.69. The fourth-order valence-electron chi connectivity index (χ4n) is 2.81. The average Bonchev–Trinajstić information content (AvgIpc) is 3.30. The third-order valence-electron chi connectivity index (χ3n) is 4.59. The maximum absolute atomic E-state index is 11.7. The number of nitrogens with two attached hydrogens (primary N) is 1. The van der Waals surface area contributed by atoms with Gasteiger partial charge in [-0.25, -0.2) is 0 Å². The molecule has 2 aliphatic carbocycles. The van der Waals surface area contributed by atoms with Crippen molar-refractivity contribution >= 4 is 5.97 Å². The largest absolute Gasteiger partial charge is 0.465 e. The van der Waals surface area contributed by atoms with E-state index in [0.29, 0.717) is 13.0 Å². The first kappa shape index (κ1) is 16.8. The van der Waals surface area contributed by atoms with Gasteiger partial charge in [0, 0.05) is 13.1 Å². The quantitative estimate of drug-likeness (QED) is 0.470. The standard InChI is InChI=1S/C17H32N2O2/c1-3-21-16(20)17(2,18)10-4-5-11-19(12-14-6-7-14)13-15-8-9-15/h14-15H,3-13,18H2,1-2H3. The van der Waals surface area contributed by atoms with Crippen molar-refractivity contribution in [3.8, 4) is 0 Å². The number of hydrogen-bond acceptors (Lipinski definition) is 4. The summed E-state index contributed by atoms with van der Waals surface area (Å²) in [4.78, 5) is 14.4. The Balaban J connectivity index is 1.62. The lowest BCUT2D eigenvalue weighted by Crippen LogP contribution is -2.46. The van der Waals surface area contributed by atoms with Gasteiger partial charge in [0.05, 0.1) is 6.61 Å². The van der Waals surface area contributed by atoms with Crippen LogP contribution in [0.25, 0.3) is 0 Å². The van der Waals surface area contributed by atoms with Gasteiger partial charge in [-0.15, -0.1) is 0 Å². The minimum Gasteiger partial charge on any atom is -0.465 e. The number of rotatable bonds is 11. The molecule has 2 N–H and O–H groups in total. The van der Waals surface area contributed by atoms with Crippen LogP contribution >= 0.6 is 0 Å². The van der Waals surface area contributed by atoms with Gasteiger partial charge in [-0.3, -0.25) is 4.79 Å². The molecule has 0 radical (unpaired) electrons. The van der Waals surface area contributed by atoms with E-state index in [9.17, 15) is 4.79 Å². The molecule has 0 aromatic rings. The number of esters is 1. The van der Waals surface area contributed by atoms with Gasteiger partial charge in [0.15, 0.2) is 0 Å². The molecule has 2 fully saturated rings. The molecule has 2 saturated carbocycles. The van der Waals surface area contributed by atoms with E-state index >= 15 is 0 Å². The van der Waals surface area contributed by atoms with Crippen LogP contribution < -0.4 is 5.73 Å². The molecule has 4 nitrogen and oxygen atoms in total. The van der Waals surface area contributed by atoms with Crippen LogP contribution in [-0.4, -0.2) is 42.6 Å². The minimum atomic E-state index is -0.826. The summed E-state index contributed by atoms with van der Waals surface area (Å²) in [5.41, 5.74) is 5.23. The summed E-state index contributed by atoms with van der Waals surface area (Å²) in [5.74, 6) is 1.66. The van der Waals surface area contributed by atoms with E-state index in [1.807, 2.05) is 6.92 Å². The van der Waals surface area contributed by atoms with E-state index in [1.165, 1.54) is 38.8 Å². The monoisotopic (exact) mass is 296 g/mol. The molecule has 0 aromatic carbocycles. The maximum Gasteiger partial charge on any atom is 0.325 e. The molecule has 0 heterocycles. The van der Waals surface area contributed by atoms with Crippen molar-refractivity contribution < 1.29 is 9.53 Å². The Morgan fingerprint density at radius 3 is 2.24 bits per heavy atom.